The Balaban J connectivity index is 3.17. The van der Waals surface area contributed by atoms with E-state index in [9.17, 15) is 18.0 Å². The largest absolute Gasteiger partial charge is 0.416 e. The summed E-state index contributed by atoms with van der Waals surface area (Å²) in [5.41, 5.74) is -0.939. The highest BCUT2D eigenvalue weighted by Gasteiger charge is 2.31. The lowest BCUT2D eigenvalue weighted by atomic mass is 10.1. The van der Waals surface area contributed by atoms with Crippen molar-refractivity contribution in [3.8, 4) is 12.3 Å². The second-order valence-corrected chi connectivity index (χ2v) is 4.41. The molecule has 0 spiro atoms. The molecule has 0 atom stereocenters. The van der Waals surface area contributed by atoms with Gasteiger partial charge < -0.3 is 4.90 Å². The molecule has 1 aromatic rings. The van der Waals surface area contributed by atoms with Gasteiger partial charge in [0.2, 0.25) is 0 Å². The van der Waals surface area contributed by atoms with E-state index in [-0.39, 0.29) is 12.1 Å². The second-order valence-electron chi connectivity index (χ2n) is 3.56. The van der Waals surface area contributed by atoms with E-state index in [2.05, 4.69) is 21.9 Å². The van der Waals surface area contributed by atoms with Crippen LogP contribution in [0.1, 0.15) is 15.9 Å². The molecule has 0 aliphatic carbocycles. The van der Waals surface area contributed by atoms with Gasteiger partial charge in [0.25, 0.3) is 5.91 Å². The van der Waals surface area contributed by atoms with Gasteiger partial charge in [0, 0.05) is 11.5 Å². The highest BCUT2D eigenvalue weighted by molar-refractivity contribution is 9.10. The fourth-order valence-corrected chi connectivity index (χ4v) is 1.70. The van der Waals surface area contributed by atoms with Gasteiger partial charge in [-0.3, -0.25) is 4.79 Å². The average molecular weight is 320 g/mol. The number of carbonyl (C=O) groups is 1. The van der Waals surface area contributed by atoms with Crippen LogP contribution in [-0.2, 0) is 6.18 Å². The van der Waals surface area contributed by atoms with Crippen LogP contribution in [0.15, 0.2) is 22.7 Å². The summed E-state index contributed by atoms with van der Waals surface area (Å²) in [4.78, 5) is 13.0. The predicted octanol–water partition coefficient (Wildman–Crippen LogP) is 3.17. The molecule has 0 bridgehead atoms. The van der Waals surface area contributed by atoms with Crippen LogP contribution >= 0.6 is 15.9 Å². The number of hydrogen-bond acceptors (Lipinski definition) is 1. The second kappa shape index (κ2) is 5.44. The molecule has 0 N–H and O–H groups in total. The van der Waals surface area contributed by atoms with Crippen LogP contribution in [0.3, 0.4) is 0 Å². The summed E-state index contributed by atoms with van der Waals surface area (Å²) in [6.07, 6.45) is 0.561. The number of halogens is 4. The van der Waals surface area contributed by atoms with Crippen LogP contribution in [0, 0.1) is 12.3 Å². The van der Waals surface area contributed by atoms with Gasteiger partial charge in [-0.05, 0) is 34.1 Å². The number of alkyl halides is 3. The van der Waals surface area contributed by atoms with Crippen molar-refractivity contribution in [3.05, 3.63) is 33.8 Å². The fraction of sp³-hybridized carbons (Fsp3) is 0.250. The fourth-order valence-electron chi connectivity index (χ4n) is 1.28. The molecule has 0 aliphatic heterocycles. The van der Waals surface area contributed by atoms with Crippen molar-refractivity contribution in [2.75, 3.05) is 13.6 Å². The van der Waals surface area contributed by atoms with Gasteiger partial charge in [0.05, 0.1) is 17.7 Å². The third kappa shape index (κ3) is 3.26. The highest BCUT2D eigenvalue weighted by atomic mass is 79.9. The lowest BCUT2D eigenvalue weighted by Crippen LogP contribution is -2.27. The molecule has 0 aliphatic rings. The van der Waals surface area contributed by atoms with Crippen LogP contribution < -0.4 is 0 Å². The Morgan fingerprint density at radius 2 is 2.11 bits per heavy atom. The minimum atomic E-state index is -4.49. The van der Waals surface area contributed by atoms with Gasteiger partial charge in [-0.2, -0.15) is 13.2 Å². The molecule has 0 fully saturated rings. The van der Waals surface area contributed by atoms with E-state index in [1.165, 1.54) is 18.0 Å². The van der Waals surface area contributed by atoms with Crippen LogP contribution in [-0.4, -0.2) is 24.4 Å². The molecule has 0 saturated heterocycles. The van der Waals surface area contributed by atoms with Crippen LogP contribution in [0.5, 0.6) is 0 Å². The molecule has 0 radical (unpaired) electrons. The van der Waals surface area contributed by atoms with E-state index in [4.69, 9.17) is 6.42 Å². The number of amides is 1. The first-order chi connectivity index (χ1) is 8.27. The van der Waals surface area contributed by atoms with E-state index >= 15 is 0 Å². The molecule has 96 valence electrons. The standard InChI is InChI=1S/C12H9BrF3NO/c1-3-6-17(2)11(18)9-7-8(12(14,15)16)4-5-10(9)13/h1,4-5,7H,6H2,2H3. The Kier molecular flexibility index (Phi) is 4.41. The molecular weight excluding hydrogens is 311 g/mol. The van der Waals surface area contributed by atoms with Crippen molar-refractivity contribution in [1.29, 1.82) is 0 Å². The highest BCUT2D eigenvalue weighted by Crippen LogP contribution is 2.32. The van der Waals surface area contributed by atoms with Crippen molar-refractivity contribution in [1.82, 2.24) is 4.90 Å². The van der Waals surface area contributed by atoms with Crippen molar-refractivity contribution < 1.29 is 18.0 Å². The smallest absolute Gasteiger partial charge is 0.331 e. The molecular formula is C12H9BrF3NO. The Hall–Kier alpha value is -1.48. The lowest BCUT2D eigenvalue weighted by molar-refractivity contribution is -0.137. The first kappa shape index (κ1) is 14.6. The van der Waals surface area contributed by atoms with Gasteiger partial charge in [-0.1, -0.05) is 5.92 Å². The Morgan fingerprint density at radius 1 is 1.50 bits per heavy atom. The number of carbonyl (C=O) groups excluding carboxylic acids is 1. The van der Waals surface area contributed by atoms with Crippen molar-refractivity contribution in [2.45, 2.75) is 6.18 Å². The van der Waals surface area contributed by atoms with Crippen LogP contribution in [0.2, 0.25) is 0 Å². The van der Waals surface area contributed by atoms with Crippen molar-refractivity contribution in [3.63, 3.8) is 0 Å². The first-order valence-electron chi connectivity index (χ1n) is 4.83. The number of nitrogens with zero attached hydrogens (tertiary/aromatic N) is 1. The maximum Gasteiger partial charge on any atom is 0.416 e. The van der Waals surface area contributed by atoms with Gasteiger partial charge in [0.15, 0.2) is 0 Å². The summed E-state index contributed by atoms with van der Waals surface area (Å²) < 4.78 is 37.9. The number of benzene rings is 1. The molecule has 0 heterocycles. The monoisotopic (exact) mass is 319 g/mol. The van der Waals surface area contributed by atoms with Crippen LogP contribution in [0.25, 0.3) is 0 Å². The summed E-state index contributed by atoms with van der Waals surface area (Å²) in [7, 11) is 1.43. The summed E-state index contributed by atoms with van der Waals surface area (Å²) >= 11 is 3.05. The average Bonchev–Trinajstić information content (AvgIpc) is 2.27. The quantitative estimate of drug-likeness (QED) is 0.767. The molecule has 18 heavy (non-hydrogen) atoms. The van der Waals surface area contributed by atoms with E-state index in [1.807, 2.05) is 0 Å². The third-order valence-corrected chi connectivity index (χ3v) is 2.89. The van der Waals surface area contributed by atoms with Gasteiger partial charge in [0.1, 0.15) is 0 Å². The molecule has 1 aromatic carbocycles. The van der Waals surface area contributed by atoms with Crippen molar-refractivity contribution >= 4 is 21.8 Å². The molecule has 6 heteroatoms. The topological polar surface area (TPSA) is 20.3 Å². The zero-order valence-corrected chi connectivity index (χ0v) is 11.0. The number of terminal acetylenes is 1. The van der Waals surface area contributed by atoms with Gasteiger partial charge in [-0.25, -0.2) is 0 Å². The maximum atomic E-state index is 12.5. The summed E-state index contributed by atoms with van der Waals surface area (Å²) in [5, 5.41) is 0. The normalized spacial score (nSPS) is 10.9. The summed E-state index contributed by atoms with van der Waals surface area (Å²) in [6, 6.07) is 2.90. The predicted molar refractivity (Wildman–Crippen MR) is 64.9 cm³/mol. The molecule has 1 rings (SSSR count). The number of hydrogen-bond donors (Lipinski definition) is 0. The zero-order valence-electron chi connectivity index (χ0n) is 9.38. The summed E-state index contributed by atoms with van der Waals surface area (Å²) in [5.74, 6) is 1.69. The Bertz CT molecular complexity index is 505. The maximum absolute atomic E-state index is 12.5. The van der Waals surface area contributed by atoms with Crippen LogP contribution in [0.4, 0.5) is 13.2 Å². The van der Waals surface area contributed by atoms with E-state index < -0.39 is 17.6 Å². The van der Waals surface area contributed by atoms with Gasteiger partial charge >= 0.3 is 6.18 Å². The SMILES string of the molecule is C#CCN(C)C(=O)c1cc(C(F)(F)F)ccc1Br. The molecule has 0 aromatic heterocycles. The Labute approximate surface area is 111 Å². The molecule has 0 saturated carbocycles. The number of rotatable bonds is 2. The molecule has 1 amide bonds. The van der Waals surface area contributed by atoms with Crippen molar-refractivity contribution in [2.24, 2.45) is 0 Å². The van der Waals surface area contributed by atoms with Gasteiger partial charge in [-0.15, -0.1) is 6.42 Å². The first-order valence-corrected chi connectivity index (χ1v) is 5.62. The third-order valence-electron chi connectivity index (χ3n) is 2.20. The minimum Gasteiger partial charge on any atom is -0.331 e. The summed E-state index contributed by atoms with van der Waals surface area (Å²) in [6.45, 7) is 0.0293. The van der Waals surface area contributed by atoms with E-state index in [0.29, 0.717) is 4.47 Å². The zero-order chi connectivity index (χ0) is 13.9. The lowest BCUT2D eigenvalue weighted by Gasteiger charge is -2.16. The Morgan fingerprint density at radius 3 is 2.61 bits per heavy atom. The van der Waals surface area contributed by atoms with E-state index in [0.717, 1.165) is 12.1 Å². The molecule has 0 unspecified atom stereocenters. The molecule has 2 nitrogen and oxygen atoms in total. The minimum absolute atomic E-state index is 0.0293. The van der Waals surface area contributed by atoms with E-state index in [1.54, 1.807) is 0 Å².